The van der Waals surface area contributed by atoms with Gasteiger partial charge in [0.15, 0.2) is 0 Å². The standard InChI is InChI=1S/C14H19ClN2O4/c1-4-21-14(19)9-17(2)8-13(18)16-11-7-10(15)5-6-12(11)20-3/h5-7H,4,8-9H2,1-3H3,(H,16,18). The number of hydrogen-bond donors (Lipinski definition) is 1. The average Bonchev–Trinajstić information content (AvgIpc) is 2.38. The predicted molar refractivity (Wildman–Crippen MR) is 80.8 cm³/mol. The molecule has 1 N–H and O–H groups in total. The number of ether oxygens (including phenoxy) is 2. The Kier molecular flexibility index (Phi) is 6.98. The van der Waals surface area contributed by atoms with E-state index in [0.29, 0.717) is 23.1 Å². The molecule has 0 atom stereocenters. The van der Waals surface area contributed by atoms with E-state index in [9.17, 15) is 9.59 Å². The number of nitrogens with zero attached hydrogens (tertiary/aromatic N) is 1. The lowest BCUT2D eigenvalue weighted by Crippen LogP contribution is -2.34. The van der Waals surface area contributed by atoms with Crippen molar-refractivity contribution in [3.05, 3.63) is 23.2 Å². The molecule has 0 aliphatic carbocycles. The smallest absolute Gasteiger partial charge is 0.320 e. The van der Waals surface area contributed by atoms with E-state index in [4.69, 9.17) is 21.1 Å². The highest BCUT2D eigenvalue weighted by atomic mass is 35.5. The quantitative estimate of drug-likeness (QED) is 0.777. The Morgan fingerprint density at radius 2 is 2.05 bits per heavy atom. The van der Waals surface area contributed by atoms with Gasteiger partial charge < -0.3 is 14.8 Å². The Labute approximate surface area is 129 Å². The topological polar surface area (TPSA) is 67.9 Å². The van der Waals surface area contributed by atoms with Crippen LogP contribution in [-0.4, -0.2) is 50.6 Å². The van der Waals surface area contributed by atoms with Gasteiger partial charge in [0, 0.05) is 5.02 Å². The van der Waals surface area contributed by atoms with Gasteiger partial charge in [0.25, 0.3) is 0 Å². The summed E-state index contributed by atoms with van der Waals surface area (Å²) in [6.45, 7) is 2.15. The third-order valence-electron chi connectivity index (χ3n) is 2.55. The average molecular weight is 315 g/mol. The molecule has 0 saturated carbocycles. The minimum absolute atomic E-state index is 0.0495. The van der Waals surface area contributed by atoms with Gasteiger partial charge in [-0.05, 0) is 32.2 Å². The zero-order valence-electron chi connectivity index (χ0n) is 12.3. The van der Waals surface area contributed by atoms with Crippen LogP contribution in [0, 0.1) is 0 Å². The van der Waals surface area contributed by atoms with Crippen molar-refractivity contribution < 1.29 is 19.1 Å². The van der Waals surface area contributed by atoms with Crippen molar-refractivity contribution in [2.24, 2.45) is 0 Å². The first-order valence-electron chi connectivity index (χ1n) is 6.43. The van der Waals surface area contributed by atoms with Gasteiger partial charge in [-0.3, -0.25) is 14.5 Å². The Morgan fingerprint density at radius 1 is 1.33 bits per heavy atom. The summed E-state index contributed by atoms with van der Waals surface area (Å²) in [4.78, 5) is 24.8. The van der Waals surface area contributed by atoms with Crippen LogP contribution in [-0.2, 0) is 14.3 Å². The highest BCUT2D eigenvalue weighted by molar-refractivity contribution is 6.31. The van der Waals surface area contributed by atoms with Crippen molar-refractivity contribution in [2.75, 3.05) is 39.2 Å². The van der Waals surface area contributed by atoms with Crippen LogP contribution in [0.2, 0.25) is 5.02 Å². The first-order chi connectivity index (χ1) is 9.96. The predicted octanol–water partition coefficient (Wildman–Crippen LogP) is 1.78. The number of carbonyl (C=O) groups excluding carboxylic acids is 2. The Bertz CT molecular complexity index is 508. The van der Waals surface area contributed by atoms with E-state index in [0.717, 1.165) is 0 Å². The monoisotopic (exact) mass is 314 g/mol. The third-order valence-corrected chi connectivity index (χ3v) is 2.79. The SMILES string of the molecule is CCOC(=O)CN(C)CC(=O)Nc1cc(Cl)ccc1OC. The van der Waals surface area contributed by atoms with E-state index in [-0.39, 0.29) is 25.0 Å². The Hall–Kier alpha value is -1.79. The van der Waals surface area contributed by atoms with Crippen LogP contribution < -0.4 is 10.1 Å². The molecule has 116 valence electrons. The fourth-order valence-corrected chi connectivity index (χ4v) is 1.87. The lowest BCUT2D eigenvalue weighted by molar-refractivity contribution is -0.144. The number of halogens is 1. The van der Waals surface area contributed by atoms with Crippen LogP contribution >= 0.6 is 11.6 Å². The summed E-state index contributed by atoms with van der Waals surface area (Å²) in [5, 5.41) is 3.19. The van der Waals surface area contributed by atoms with Crippen molar-refractivity contribution in [3.63, 3.8) is 0 Å². The molecule has 1 amide bonds. The zero-order chi connectivity index (χ0) is 15.8. The van der Waals surface area contributed by atoms with Crippen molar-refractivity contribution in [1.82, 2.24) is 4.90 Å². The maximum absolute atomic E-state index is 11.9. The molecule has 0 aliphatic rings. The minimum Gasteiger partial charge on any atom is -0.495 e. The van der Waals surface area contributed by atoms with Crippen LogP contribution in [0.15, 0.2) is 18.2 Å². The first-order valence-corrected chi connectivity index (χ1v) is 6.81. The molecule has 1 aromatic carbocycles. The number of benzene rings is 1. The van der Waals surface area contributed by atoms with Gasteiger partial charge in [-0.25, -0.2) is 0 Å². The van der Waals surface area contributed by atoms with Gasteiger partial charge in [0.2, 0.25) is 5.91 Å². The van der Waals surface area contributed by atoms with E-state index < -0.39 is 0 Å². The van der Waals surface area contributed by atoms with Gasteiger partial charge in [-0.2, -0.15) is 0 Å². The number of anilines is 1. The number of rotatable bonds is 7. The molecule has 0 saturated heterocycles. The Balaban J connectivity index is 2.57. The number of methoxy groups -OCH3 is 1. The van der Waals surface area contributed by atoms with Gasteiger partial charge in [-0.1, -0.05) is 11.6 Å². The van der Waals surface area contributed by atoms with Crippen LogP contribution in [0.1, 0.15) is 6.92 Å². The van der Waals surface area contributed by atoms with Gasteiger partial charge in [0.1, 0.15) is 5.75 Å². The number of carbonyl (C=O) groups is 2. The van der Waals surface area contributed by atoms with E-state index >= 15 is 0 Å². The van der Waals surface area contributed by atoms with Crippen molar-refractivity contribution in [1.29, 1.82) is 0 Å². The Morgan fingerprint density at radius 3 is 2.67 bits per heavy atom. The molecule has 0 unspecified atom stereocenters. The molecule has 1 rings (SSSR count). The molecule has 7 heteroatoms. The molecule has 0 fully saturated rings. The fourth-order valence-electron chi connectivity index (χ4n) is 1.70. The molecule has 0 bridgehead atoms. The lowest BCUT2D eigenvalue weighted by Gasteiger charge is -2.16. The fraction of sp³-hybridized carbons (Fsp3) is 0.429. The summed E-state index contributed by atoms with van der Waals surface area (Å²) in [6, 6.07) is 4.94. The molecular formula is C14H19ClN2O4. The molecule has 0 spiro atoms. The maximum atomic E-state index is 11.9. The molecule has 0 heterocycles. The number of likely N-dealkylation sites (N-methyl/N-ethyl adjacent to an activating group) is 1. The third kappa shape index (κ3) is 6.01. The summed E-state index contributed by atoms with van der Waals surface area (Å²) < 4.78 is 9.96. The second-order valence-corrected chi connectivity index (χ2v) is 4.81. The van der Waals surface area contributed by atoms with E-state index in [2.05, 4.69) is 5.32 Å². The van der Waals surface area contributed by atoms with Crippen molar-refractivity contribution in [2.45, 2.75) is 6.92 Å². The molecular weight excluding hydrogens is 296 g/mol. The molecule has 21 heavy (non-hydrogen) atoms. The number of esters is 1. The van der Waals surface area contributed by atoms with E-state index in [1.807, 2.05) is 0 Å². The highest BCUT2D eigenvalue weighted by Crippen LogP contribution is 2.27. The second kappa shape index (κ2) is 8.49. The van der Waals surface area contributed by atoms with Crippen molar-refractivity contribution in [3.8, 4) is 5.75 Å². The molecule has 6 nitrogen and oxygen atoms in total. The second-order valence-electron chi connectivity index (χ2n) is 4.37. The molecule has 0 radical (unpaired) electrons. The summed E-state index contributed by atoms with van der Waals surface area (Å²) in [5.41, 5.74) is 0.486. The van der Waals surface area contributed by atoms with E-state index in [1.165, 1.54) is 7.11 Å². The van der Waals surface area contributed by atoms with Crippen LogP contribution in [0.3, 0.4) is 0 Å². The summed E-state index contributed by atoms with van der Waals surface area (Å²) in [7, 11) is 3.16. The molecule has 1 aromatic rings. The number of nitrogens with one attached hydrogen (secondary N) is 1. The molecule has 0 aromatic heterocycles. The number of amides is 1. The van der Waals surface area contributed by atoms with Gasteiger partial charge >= 0.3 is 5.97 Å². The maximum Gasteiger partial charge on any atom is 0.320 e. The summed E-state index contributed by atoms with van der Waals surface area (Å²) in [5.74, 6) is -0.128. The van der Waals surface area contributed by atoms with Crippen LogP contribution in [0.4, 0.5) is 5.69 Å². The van der Waals surface area contributed by atoms with Gasteiger partial charge in [-0.15, -0.1) is 0 Å². The number of hydrogen-bond acceptors (Lipinski definition) is 5. The normalized spacial score (nSPS) is 10.3. The van der Waals surface area contributed by atoms with Crippen LogP contribution in [0.5, 0.6) is 5.75 Å². The highest BCUT2D eigenvalue weighted by Gasteiger charge is 2.13. The lowest BCUT2D eigenvalue weighted by atomic mass is 10.3. The minimum atomic E-state index is -0.367. The van der Waals surface area contributed by atoms with Gasteiger partial charge in [0.05, 0.1) is 32.5 Å². The largest absolute Gasteiger partial charge is 0.495 e. The van der Waals surface area contributed by atoms with E-state index in [1.54, 1.807) is 37.1 Å². The zero-order valence-corrected chi connectivity index (χ0v) is 13.1. The van der Waals surface area contributed by atoms with Crippen molar-refractivity contribution >= 4 is 29.2 Å². The summed E-state index contributed by atoms with van der Waals surface area (Å²) in [6.07, 6.45) is 0. The molecule has 0 aliphatic heterocycles. The van der Waals surface area contributed by atoms with Crippen LogP contribution in [0.25, 0.3) is 0 Å². The first kappa shape index (κ1) is 17.3. The summed E-state index contributed by atoms with van der Waals surface area (Å²) >= 11 is 5.89.